The molecule has 0 fully saturated rings. The van der Waals surface area contributed by atoms with Crippen LogP contribution in [0.1, 0.15) is 77.3 Å². The van der Waals surface area contributed by atoms with E-state index in [1.165, 1.54) is 44.5 Å². The molecule has 2 aliphatic rings. The lowest BCUT2D eigenvalue weighted by Crippen LogP contribution is -2.24. The molecule has 0 N–H and O–H groups in total. The molecular weight excluding hydrogens is 432 g/mol. The van der Waals surface area contributed by atoms with Crippen LogP contribution in [0.3, 0.4) is 0 Å². The van der Waals surface area contributed by atoms with Gasteiger partial charge in [-0.2, -0.15) is 0 Å². The fourth-order valence-corrected chi connectivity index (χ4v) is 10.8. The molecule has 4 rings (SSSR count). The van der Waals surface area contributed by atoms with Crippen molar-refractivity contribution in [2.45, 2.75) is 71.3 Å². The Morgan fingerprint density at radius 1 is 0.824 bits per heavy atom. The second-order valence-corrected chi connectivity index (χ2v) is 15.6. The number of rotatable bonds is 4. The average molecular weight is 475 g/mol. The van der Waals surface area contributed by atoms with Gasteiger partial charge >= 0.3 is 0 Å². The smallest absolute Gasteiger partial charge is 0.131 e. The molecule has 1 unspecified atom stereocenters. The Bertz CT molecular complexity index is 1210. The molecule has 0 saturated heterocycles. The van der Waals surface area contributed by atoms with Gasteiger partial charge in [-0.3, -0.25) is 0 Å². The van der Waals surface area contributed by atoms with Crippen LogP contribution in [-0.2, 0) is 5.41 Å². The lowest BCUT2D eigenvalue weighted by atomic mass is 9.81. The number of methoxy groups -OCH3 is 1. The summed E-state index contributed by atoms with van der Waals surface area (Å²) in [7, 11) is 0.757. The van der Waals surface area contributed by atoms with E-state index in [0.717, 1.165) is 5.75 Å². The van der Waals surface area contributed by atoms with Gasteiger partial charge in [-0.25, -0.2) is 10.0 Å². The van der Waals surface area contributed by atoms with Crippen molar-refractivity contribution < 1.29 is 4.74 Å². The molecule has 0 saturated carbocycles. The van der Waals surface area contributed by atoms with Crippen molar-refractivity contribution in [1.82, 2.24) is 0 Å². The van der Waals surface area contributed by atoms with E-state index >= 15 is 0 Å². The highest BCUT2D eigenvalue weighted by molar-refractivity contribution is 8.33. The Morgan fingerprint density at radius 3 is 1.88 bits per heavy atom. The Kier molecular flexibility index (Phi) is 6.22. The highest BCUT2D eigenvalue weighted by Crippen LogP contribution is 2.69. The summed E-state index contributed by atoms with van der Waals surface area (Å²) in [6.45, 7) is 18.6. The molecule has 0 spiro atoms. The summed E-state index contributed by atoms with van der Waals surface area (Å²) in [6, 6.07) is 13.3. The molecule has 0 heterocycles. The van der Waals surface area contributed by atoms with E-state index in [1.807, 2.05) is 7.11 Å². The fraction of sp³-hybridized carbons (Fsp3) is 0.438. The molecule has 0 aliphatic heterocycles. The van der Waals surface area contributed by atoms with Crippen LogP contribution >= 0.6 is 10.0 Å². The largest absolute Gasteiger partial charge is 0.496 e. The van der Waals surface area contributed by atoms with Crippen molar-refractivity contribution in [3.8, 4) is 16.9 Å². The lowest BCUT2D eigenvalue weighted by molar-refractivity contribution is 0.399. The fourth-order valence-electron chi connectivity index (χ4n) is 6.44. The van der Waals surface area contributed by atoms with Crippen LogP contribution in [0.2, 0.25) is 0 Å². The maximum Gasteiger partial charge on any atom is 0.131 e. The monoisotopic (exact) mass is 474 g/mol. The first-order chi connectivity index (χ1) is 15.8. The van der Waals surface area contributed by atoms with Crippen LogP contribution in [0.25, 0.3) is 17.2 Å². The minimum Gasteiger partial charge on any atom is -0.496 e. The summed E-state index contributed by atoms with van der Waals surface area (Å²) in [5.41, 5.74) is 14.2. The van der Waals surface area contributed by atoms with Gasteiger partial charge in [0.05, 0.1) is 7.11 Å². The van der Waals surface area contributed by atoms with E-state index in [1.54, 1.807) is 11.1 Å². The van der Waals surface area contributed by atoms with E-state index in [4.69, 9.17) is 4.74 Å². The first-order valence-electron chi connectivity index (χ1n) is 12.4. The number of allylic oxidation sites excluding steroid dienone is 2. The first-order valence-corrected chi connectivity index (χ1v) is 14.9. The predicted octanol–water partition coefficient (Wildman–Crippen LogP) is 9.24. The molecule has 0 aromatic heterocycles. The minimum absolute atomic E-state index is 0.0173. The van der Waals surface area contributed by atoms with E-state index in [9.17, 15) is 0 Å². The molecular formula is C32H42OS. The summed E-state index contributed by atoms with van der Waals surface area (Å²) >= 11 is 0. The Hall–Kier alpha value is -2.19. The van der Waals surface area contributed by atoms with Crippen molar-refractivity contribution in [2.75, 3.05) is 19.6 Å². The van der Waals surface area contributed by atoms with Gasteiger partial charge < -0.3 is 4.74 Å². The van der Waals surface area contributed by atoms with Gasteiger partial charge in [-0.05, 0) is 86.4 Å². The van der Waals surface area contributed by atoms with E-state index < -0.39 is 10.0 Å². The molecule has 1 nitrogen and oxygen atoms in total. The summed E-state index contributed by atoms with van der Waals surface area (Å²) in [6.07, 6.45) is 7.59. The molecule has 34 heavy (non-hydrogen) atoms. The molecule has 0 radical (unpaired) electrons. The molecule has 2 aromatic carbocycles. The van der Waals surface area contributed by atoms with Crippen molar-refractivity contribution in [3.63, 3.8) is 0 Å². The highest BCUT2D eigenvalue weighted by Gasteiger charge is 2.43. The Balaban J connectivity index is 2.02. The van der Waals surface area contributed by atoms with Gasteiger partial charge in [-0.1, -0.05) is 73.9 Å². The summed E-state index contributed by atoms with van der Waals surface area (Å²) in [5.74, 6) is 1.02. The summed E-state index contributed by atoms with van der Waals surface area (Å²) in [5, 5.41) is 0.970. The number of benzene rings is 2. The minimum atomic E-state index is -1.07. The standard InChI is InChI=1S/C32H42OS/c1-19-17-25-26(30(19)34(10,11)31-22(4)20(2)21(3)23(31)5)18-27(32(6,7)8)29(33-9)28(25)24-15-13-12-14-16-24/h12-18,30-31H,1-11H3. The number of hydrogen-bond donors (Lipinski definition) is 0. The van der Waals surface area contributed by atoms with Crippen LogP contribution in [0.5, 0.6) is 5.75 Å². The maximum atomic E-state index is 6.16. The van der Waals surface area contributed by atoms with Crippen LogP contribution in [0, 0.1) is 0 Å². The molecule has 182 valence electrons. The van der Waals surface area contributed by atoms with Gasteiger partial charge in [0.15, 0.2) is 0 Å². The van der Waals surface area contributed by atoms with Gasteiger partial charge in [-0.15, -0.1) is 0 Å². The summed E-state index contributed by atoms with van der Waals surface area (Å²) < 4.78 is 6.16. The lowest BCUT2D eigenvalue weighted by Gasteiger charge is -2.47. The van der Waals surface area contributed by atoms with E-state index in [0.29, 0.717) is 10.5 Å². The SMILES string of the molecule is COc1c(C(C)(C)C)cc2c(c1-c1ccccc1)C=C(C)C2S(C)(C)C1C(C)=C(C)C(C)=C1C. The highest BCUT2D eigenvalue weighted by atomic mass is 32.3. The third-order valence-electron chi connectivity index (χ3n) is 8.24. The second-order valence-electron chi connectivity index (χ2n) is 11.7. The zero-order valence-corrected chi connectivity index (χ0v) is 23.8. The molecule has 0 bridgehead atoms. The molecule has 2 aliphatic carbocycles. The number of ether oxygens (including phenoxy) is 1. The zero-order valence-electron chi connectivity index (χ0n) is 23.0. The van der Waals surface area contributed by atoms with E-state index in [-0.39, 0.29) is 5.41 Å². The molecule has 2 aromatic rings. The molecule has 0 amide bonds. The topological polar surface area (TPSA) is 9.23 Å². The number of hydrogen-bond acceptors (Lipinski definition) is 1. The predicted molar refractivity (Wildman–Crippen MR) is 153 cm³/mol. The van der Waals surface area contributed by atoms with Crippen molar-refractivity contribution >= 4 is 16.1 Å². The van der Waals surface area contributed by atoms with Crippen LogP contribution in [-0.4, -0.2) is 24.9 Å². The van der Waals surface area contributed by atoms with Crippen molar-refractivity contribution in [3.05, 3.63) is 81.0 Å². The summed E-state index contributed by atoms with van der Waals surface area (Å²) in [4.78, 5) is 0. The zero-order chi connectivity index (χ0) is 25.2. The third-order valence-corrected chi connectivity index (χ3v) is 12.0. The average Bonchev–Trinajstić information content (AvgIpc) is 3.21. The second kappa shape index (κ2) is 8.48. The first kappa shape index (κ1) is 24.9. The van der Waals surface area contributed by atoms with E-state index in [2.05, 4.69) is 110 Å². The third kappa shape index (κ3) is 3.70. The Labute approximate surface area is 209 Å². The maximum absolute atomic E-state index is 6.16. The van der Waals surface area contributed by atoms with Gasteiger partial charge in [0, 0.05) is 21.6 Å². The van der Waals surface area contributed by atoms with Crippen LogP contribution < -0.4 is 4.74 Å². The quantitative estimate of drug-likeness (QED) is 0.429. The van der Waals surface area contributed by atoms with Gasteiger partial charge in [0.25, 0.3) is 0 Å². The van der Waals surface area contributed by atoms with Crippen LogP contribution in [0.4, 0.5) is 0 Å². The van der Waals surface area contributed by atoms with Crippen molar-refractivity contribution in [1.29, 1.82) is 0 Å². The normalized spacial score (nSPS) is 19.6. The Morgan fingerprint density at radius 2 is 1.38 bits per heavy atom. The van der Waals surface area contributed by atoms with Gasteiger partial charge in [0.1, 0.15) is 5.75 Å². The molecule has 1 atom stereocenters. The van der Waals surface area contributed by atoms with Gasteiger partial charge in [0.2, 0.25) is 0 Å². The molecule has 2 heteroatoms. The van der Waals surface area contributed by atoms with Crippen molar-refractivity contribution in [2.24, 2.45) is 0 Å². The van der Waals surface area contributed by atoms with Crippen LogP contribution in [0.15, 0.2) is 64.3 Å². The number of fused-ring (bicyclic) bond motifs is 1.